The number of unbranched alkanes of at least 4 members (excludes halogenated alkanes) is 2. The van der Waals surface area contributed by atoms with Gasteiger partial charge in [0.2, 0.25) is 5.91 Å². The van der Waals surface area contributed by atoms with Crippen molar-refractivity contribution < 1.29 is 19.1 Å². The van der Waals surface area contributed by atoms with E-state index in [-0.39, 0.29) is 30.4 Å². The van der Waals surface area contributed by atoms with Crippen molar-refractivity contribution in [3.05, 3.63) is 89.6 Å². The van der Waals surface area contributed by atoms with Crippen LogP contribution in [0.4, 0.5) is 0 Å². The number of aromatic nitrogens is 2. The van der Waals surface area contributed by atoms with Crippen molar-refractivity contribution in [1.29, 1.82) is 0 Å². The number of ketones is 2. The molecule has 46 heavy (non-hydrogen) atoms. The summed E-state index contributed by atoms with van der Waals surface area (Å²) in [5.74, 6) is 0.805. The van der Waals surface area contributed by atoms with Crippen LogP contribution in [0, 0.1) is 6.92 Å². The number of benzene rings is 3. The second-order valence-electron chi connectivity index (χ2n) is 12.0. The first-order valence-electron chi connectivity index (χ1n) is 16.2. The van der Waals surface area contributed by atoms with Gasteiger partial charge in [-0.1, -0.05) is 61.4 Å². The number of fused-ring (bicyclic) bond motifs is 2. The molecule has 0 unspecified atom stereocenters. The van der Waals surface area contributed by atoms with Gasteiger partial charge in [-0.3, -0.25) is 14.9 Å². The molecule has 8 nitrogen and oxygen atoms in total. The summed E-state index contributed by atoms with van der Waals surface area (Å²) in [7, 11) is 1.63. The Kier molecular flexibility index (Phi) is 11.0. The van der Waals surface area contributed by atoms with Crippen molar-refractivity contribution in [3.8, 4) is 17.0 Å². The number of aryl methyl sites for hydroxylation is 1. The lowest BCUT2D eigenvalue weighted by molar-refractivity contribution is -0.124. The maximum absolute atomic E-state index is 13.5. The molecular formula is C38H44N4O4. The molecule has 2 aromatic heterocycles. The lowest BCUT2D eigenvalue weighted by Gasteiger charge is -2.18. The third-order valence-corrected chi connectivity index (χ3v) is 8.63. The van der Waals surface area contributed by atoms with E-state index in [4.69, 9.17) is 4.74 Å². The van der Waals surface area contributed by atoms with Crippen LogP contribution in [0.2, 0.25) is 0 Å². The monoisotopic (exact) mass is 620 g/mol. The standard InChI is InChI=1S/C38H44N4O4/c1-25(43)12-6-4-9-17-36(40-24-28(44)22-32-26(2)41-35-19-18-29(46-3)23-33(32)35)38(45)39-21-20-31-30-15-10-11-16-34(30)42-37(31)27-13-7-5-8-14-27/h5,7-8,10-11,13-16,18-19,23,36,40-42H,4,6,9,12,17,20-22,24H2,1-3H3,(H,39,45)/t36-/m0/s1. The first-order valence-corrected chi connectivity index (χ1v) is 16.2. The average Bonchev–Trinajstić information content (AvgIpc) is 3.58. The average molecular weight is 621 g/mol. The molecule has 8 heteroatoms. The smallest absolute Gasteiger partial charge is 0.237 e. The summed E-state index contributed by atoms with van der Waals surface area (Å²) in [5, 5.41) is 8.52. The molecule has 0 spiro atoms. The minimum atomic E-state index is -0.512. The number of carbonyl (C=O) groups excluding carboxylic acids is 3. The van der Waals surface area contributed by atoms with E-state index < -0.39 is 6.04 Å². The summed E-state index contributed by atoms with van der Waals surface area (Å²) in [6.45, 7) is 4.12. The van der Waals surface area contributed by atoms with Crippen molar-refractivity contribution in [2.24, 2.45) is 0 Å². The van der Waals surface area contributed by atoms with Gasteiger partial charge in [-0.2, -0.15) is 0 Å². The van der Waals surface area contributed by atoms with E-state index in [0.29, 0.717) is 25.8 Å². The highest BCUT2D eigenvalue weighted by Crippen LogP contribution is 2.31. The van der Waals surface area contributed by atoms with Gasteiger partial charge in [0.15, 0.2) is 5.78 Å². The second-order valence-corrected chi connectivity index (χ2v) is 12.0. The Labute approximate surface area is 270 Å². The van der Waals surface area contributed by atoms with Gasteiger partial charge in [-0.15, -0.1) is 0 Å². The van der Waals surface area contributed by atoms with Gasteiger partial charge < -0.3 is 24.8 Å². The zero-order chi connectivity index (χ0) is 32.5. The van der Waals surface area contributed by atoms with Crippen molar-refractivity contribution in [2.45, 2.75) is 64.8 Å². The molecule has 2 heterocycles. The number of para-hydroxylation sites is 1. The Balaban J connectivity index is 1.23. The Morgan fingerprint density at radius 3 is 2.39 bits per heavy atom. The maximum Gasteiger partial charge on any atom is 0.237 e. The highest BCUT2D eigenvalue weighted by Gasteiger charge is 2.21. The highest BCUT2D eigenvalue weighted by molar-refractivity contribution is 5.93. The van der Waals surface area contributed by atoms with Crippen LogP contribution in [0.5, 0.6) is 5.75 Å². The van der Waals surface area contributed by atoms with E-state index in [2.05, 4.69) is 44.9 Å². The van der Waals surface area contributed by atoms with E-state index in [0.717, 1.165) is 74.9 Å². The molecule has 1 atom stereocenters. The Bertz CT molecular complexity index is 1800. The second kappa shape index (κ2) is 15.5. The fourth-order valence-electron chi connectivity index (χ4n) is 6.18. The number of aromatic amines is 2. The zero-order valence-corrected chi connectivity index (χ0v) is 27.0. The minimum absolute atomic E-state index is 0.00694. The quantitative estimate of drug-likeness (QED) is 0.0875. The lowest BCUT2D eigenvalue weighted by Crippen LogP contribution is -2.46. The van der Waals surface area contributed by atoms with E-state index in [1.54, 1.807) is 14.0 Å². The molecule has 0 aliphatic carbocycles. The van der Waals surface area contributed by atoms with Gasteiger partial charge in [0, 0.05) is 52.6 Å². The van der Waals surface area contributed by atoms with E-state index in [9.17, 15) is 14.4 Å². The van der Waals surface area contributed by atoms with Crippen LogP contribution in [-0.2, 0) is 27.2 Å². The maximum atomic E-state index is 13.5. The molecule has 240 valence electrons. The molecule has 0 fully saturated rings. The summed E-state index contributed by atoms with van der Waals surface area (Å²) in [6, 6.07) is 23.7. The van der Waals surface area contributed by atoms with Gasteiger partial charge in [-0.25, -0.2) is 0 Å². The lowest BCUT2D eigenvalue weighted by atomic mass is 10.0. The molecular weight excluding hydrogens is 576 g/mol. The predicted molar refractivity (Wildman–Crippen MR) is 184 cm³/mol. The van der Waals surface area contributed by atoms with Crippen LogP contribution in [0.3, 0.4) is 0 Å². The van der Waals surface area contributed by atoms with Crippen LogP contribution in [0.25, 0.3) is 33.1 Å². The number of H-pyrrole nitrogens is 2. The number of ether oxygens (including phenoxy) is 1. The summed E-state index contributed by atoms with van der Waals surface area (Å²) in [6.07, 6.45) is 4.48. The highest BCUT2D eigenvalue weighted by atomic mass is 16.5. The van der Waals surface area contributed by atoms with Crippen LogP contribution >= 0.6 is 0 Å². The number of hydrogen-bond acceptors (Lipinski definition) is 5. The number of Topliss-reactive ketones (excluding diaryl/α,β-unsaturated/α-hetero) is 2. The van der Waals surface area contributed by atoms with E-state index in [1.807, 2.05) is 55.5 Å². The third-order valence-electron chi connectivity index (χ3n) is 8.63. The summed E-state index contributed by atoms with van der Waals surface area (Å²) in [5.41, 5.74) is 7.25. The Morgan fingerprint density at radius 2 is 1.61 bits per heavy atom. The molecule has 1 amide bonds. The normalized spacial score (nSPS) is 12.0. The molecule has 5 rings (SSSR count). The van der Waals surface area contributed by atoms with Crippen LogP contribution in [0.1, 0.15) is 55.8 Å². The molecule has 0 saturated carbocycles. The number of rotatable bonds is 17. The summed E-state index contributed by atoms with van der Waals surface area (Å²) in [4.78, 5) is 45.1. The van der Waals surface area contributed by atoms with Crippen molar-refractivity contribution in [3.63, 3.8) is 0 Å². The van der Waals surface area contributed by atoms with Crippen LogP contribution in [0.15, 0.2) is 72.8 Å². The van der Waals surface area contributed by atoms with Gasteiger partial charge >= 0.3 is 0 Å². The first-order chi connectivity index (χ1) is 22.3. The number of nitrogens with one attached hydrogen (secondary N) is 4. The predicted octanol–water partition coefficient (Wildman–Crippen LogP) is 6.60. The molecule has 0 aliphatic rings. The third kappa shape index (κ3) is 8.12. The first kappa shape index (κ1) is 32.7. The number of hydrogen-bond donors (Lipinski definition) is 4. The zero-order valence-electron chi connectivity index (χ0n) is 27.0. The molecule has 0 bridgehead atoms. The van der Waals surface area contributed by atoms with Gasteiger partial charge in [0.25, 0.3) is 0 Å². The van der Waals surface area contributed by atoms with Crippen LogP contribution in [-0.4, -0.2) is 53.7 Å². The fourth-order valence-corrected chi connectivity index (χ4v) is 6.18. The topological polar surface area (TPSA) is 116 Å². The minimum Gasteiger partial charge on any atom is -0.497 e. The van der Waals surface area contributed by atoms with Gasteiger partial charge in [0.05, 0.1) is 19.7 Å². The number of amides is 1. The number of methoxy groups -OCH3 is 1. The van der Waals surface area contributed by atoms with Crippen LogP contribution < -0.4 is 15.4 Å². The van der Waals surface area contributed by atoms with Crippen molar-refractivity contribution >= 4 is 39.3 Å². The number of carbonyl (C=O) groups is 3. The van der Waals surface area contributed by atoms with Gasteiger partial charge in [0.1, 0.15) is 11.5 Å². The molecule has 3 aromatic carbocycles. The van der Waals surface area contributed by atoms with Crippen molar-refractivity contribution in [1.82, 2.24) is 20.6 Å². The molecule has 4 N–H and O–H groups in total. The van der Waals surface area contributed by atoms with Crippen molar-refractivity contribution in [2.75, 3.05) is 20.2 Å². The summed E-state index contributed by atoms with van der Waals surface area (Å²) >= 11 is 0. The molecule has 0 radical (unpaired) electrons. The Morgan fingerprint density at radius 1 is 0.848 bits per heavy atom. The summed E-state index contributed by atoms with van der Waals surface area (Å²) < 4.78 is 5.39. The fraction of sp³-hybridized carbons (Fsp3) is 0.342. The molecule has 0 saturated heterocycles. The SMILES string of the molecule is COc1ccc2[nH]c(C)c(CC(=O)CN[C@@H](CCCCCC(C)=O)C(=O)NCCc3c(-c4ccccc4)[nH]c4ccccc34)c2c1. The molecule has 5 aromatic rings. The van der Waals surface area contributed by atoms with Gasteiger partial charge in [-0.05, 0) is 74.1 Å². The van der Waals surface area contributed by atoms with E-state index in [1.165, 1.54) is 0 Å². The Hall–Kier alpha value is -4.69. The molecule has 0 aliphatic heterocycles. The largest absolute Gasteiger partial charge is 0.497 e. The van der Waals surface area contributed by atoms with E-state index >= 15 is 0 Å².